The average Bonchev–Trinajstić information content (AvgIpc) is 3.11. The van der Waals surface area contributed by atoms with E-state index in [0.717, 1.165) is 11.0 Å². The second-order valence-corrected chi connectivity index (χ2v) is 6.37. The monoisotopic (exact) mass is 375 g/mol. The number of hydrogen-bond acceptors (Lipinski definition) is 3. The number of carbonyl (C=O) groups excluding carboxylic acids is 1. The Labute approximate surface area is 161 Å². The molecule has 5 nitrogen and oxygen atoms in total. The number of fused-ring (bicyclic) bond motifs is 1. The smallest absolute Gasteiger partial charge is 0.255 e. The van der Waals surface area contributed by atoms with Crippen LogP contribution in [-0.2, 0) is 6.42 Å². The van der Waals surface area contributed by atoms with Gasteiger partial charge in [-0.3, -0.25) is 4.79 Å². The maximum atomic E-state index is 13.9. The molecule has 0 unspecified atom stereocenters. The molecule has 1 aromatic heterocycles. The van der Waals surface area contributed by atoms with Crippen LogP contribution in [0.15, 0.2) is 66.7 Å². The first kappa shape index (κ1) is 17.7. The van der Waals surface area contributed by atoms with Crippen LogP contribution in [0.2, 0.25) is 0 Å². The fourth-order valence-corrected chi connectivity index (χ4v) is 3.01. The first-order valence-corrected chi connectivity index (χ1v) is 8.80. The number of nitrogens with one attached hydrogen (secondary N) is 2. The lowest BCUT2D eigenvalue weighted by Gasteiger charge is -2.06. The number of benzene rings is 3. The summed E-state index contributed by atoms with van der Waals surface area (Å²) < 4.78 is 19.0. The first-order chi connectivity index (χ1) is 13.6. The van der Waals surface area contributed by atoms with Crippen molar-refractivity contribution < 1.29 is 13.9 Å². The van der Waals surface area contributed by atoms with E-state index in [9.17, 15) is 9.18 Å². The predicted molar refractivity (Wildman–Crippen MR) is 106 cm³/mol. The molecule has 0 bridgehead atoms. The molecule has 6 heteroatoms. The molecule has 0 aliphatic carbocycles. The van der Waals surface area contributed by atoms with E-state index in [1.807, 2.05) is 12.1 Å². The molecular formula is C22H18FN3O2. The number of halogens is 1. The van der Waals surface area contributed by atoms with E-state index in [4.69, 9.17) is 4.74 Å². The molecule has 1 heterocycles. The summed E-state index contributed by atoms with van der Waals surface area (Å²) in [6, 6.07) is 19.0. The topological polar surface area (TPSA) is 67.0 Å². The standard InChI is InChI=1S/C22H18FN3O2/c1-28-17-7-4-6-15(11-17)22(27)24-16-9-10-19-20(13-16)26-21(25-19)12-14-5-2-3-8-18(14)23/h2-11,13H,12H2,1H3,(H,24,27)(H,25,26). The van der Waals surface area contributed by atoms with Crippen LogP contribution < -0.4 is 10.1 Å². The fraction of sp³-hybridized carbons (Fsp3) is 0.0909. The van der Waals surface area contributed by atoms with E-state index in [2.05, 4.69) is 15.3 Å². The molecule has 0 spiro atoms. The van der Waals surface area contributed by atoms with Crippen LogP contribution in [0, 0.1) is 5.82 Å². The minimum atomic E-state index is -0.255. The van der Waals surface area contributed by atoms with Gasteiger partial charge in [0.2, 0.25) is 0 Å². The first-order valence-electron chi connectivity index (χ1n) is 8.80. The van der Waals surface area contributed by atoms with Gasteiger partial charge in [0.25, 0.3) is 5.91 Å². The van der Waals surface area contributed by atoms with Crippen molar-refractivity contribution in [2.75, 3.05) is 12.4 Å². The fourth-order valence-electron chi connectivity index (χ4n) is 3.01. The summed E-state index contributed by atoms with van der Waals surface area (Å²) in [7, 11) is 1.56. The summed E-state index contributed by atoms with van der Waals surface area (Å²) in [5, 5.41) is 2.87. The zero-order chi connectivity index (χ0) is 19.5. The number of H-pyrrole nitrogens is 1. The van der Waals surface area contributed by atoms with Crippen LogP contribution in [0.1, 0.15) is 21.7 Å². The molecule has 0 saturated heterocycles. The molecule has 1 amide bonds. The minimum Gasteiger partial charge on any atom is -0.497 e. The van der Waals surface area contributed by atoms with Gasteiger partial charge in [-0.1, -0.05) is 24.3 Å². The van der Waals surface area contributed by atoms with Gasteiger partial charge in [-0.25, -0.2) is 9.37 Å². The molecule has 4 rings (SSSR count). The molecule has 140 valence electrons. The van der Waals surface area contributed by atoms with Gasteiger partial charge in [0.05, 0.1) is 18.1 Å². The maximum Gasteiger partial charge on any atom is 0.255 e. The molecule has 28 heavy (non-hydrogen) atoms. The van der Waals surface area contributed by atoms with Gasteiger partial charge in [0.1, 0.15) is 17.4 Å². The zero-order valence-electron chi connectivity index (χ0n) is 15.2. The third-order valence-electron chi connectivity index (χ3n) is 4.44. The summed E-state index contributed by atoms with van der Waals surface area (Å²) in [5.74, 6) is 0.796. The largest absolute Gasteiger partial charge is 0.497 e. The van der Waals surface area contributed by atoms with Crippen molar-refractivity contribution in [1.82, 2.24) is 9.97 Å². The third-order valence-corrected chi connectivity index (χ3v) is 4.44. The summed E-state index contributed by atoms with van der Waals surface area (Å²) in [6.07, 6.45) is 0.368. The van der Waals surface area contributed by atoms with Crippen LogP contribution in [-0.4, -0.2) is 23.0 Å². The molecule has 0 fully saturated rings. The summed E-state index contributed by atoms with van der Waals surface area (Å²) >= 11 is 0. The van der Waals surface area contributed by atoms with Crippen molar-refractivity contribution in [2.24, 2.45) is 0 Å². The Bertz CT molecular complexity index is 1150. The highest BCUT2D eigenvalue weighted by molar-refractivity contribution is 6.05. The van der Waals surface area contributed by atoms with Crippen molar-refractivity contribution in [3.8, 4) is 5.75 Å². The number of aromatic amines is 1. The van der Waals surface area contributed by atoms with Crippen molar-refractivity contribution in [2.45, 2.75) is 6.42 Å². The van der Waals surface area contributed by atoms with Gasteiger partial charge < -0.3 is 15.0 Å². The van der Waals surface area contributed by atoms with Crippen molar-refractivity contribution in [3.63, 3.8) is 0 Å². The van der Waals surface area contributed by atoms with Crippen LogP contribution in [0.25, 0.3) is 11.0 Å². The molecule has 0 atom stereocenters. The number of imidazole rings is 1. The van der Waals surface area contributed by atoms with Crippen LogP contribution in [0.3, 0.4) is 0 Å². The molecule has 4 aromatic rings. The number of amides is 1. The number of anilines is 1. The number of carbonyl (C=O) groups is 1. The van der Waals surface area contributed by atoms with E-state index < -0.39 is 0 Å². The molecule has 0 aliphatic heterocycles. The Morgan fingerprint density at radius 3 is 2.79 bits per heavy atom. The van der Waals surface area contributed by atoms with E-state index >= 15 is 0 Å². The van der Waals surface area contributed by atoms with Gasteiger partial charge in [0, 0.05) is 17.7 Å². The van der Waals surface area contributed by atoms with Crippen LogP contribution in [0.5, 0.6) is 5.75 Å². The van der Waals surface area contributed by atoms with Crippen LogP contribution in [0.4, 0.5) is 10.1 Å². The van der Waals surface area contributed by atoms with Gasteiger partial charge >= 0.3 is 0 Å². The molecule has 0 aliphatic rings. The Morgan fingerprint density at radius 1 is 1.11 bits per heavy atom. The lowest BCUT2D eigenvalue weighted by atomic mass is 10.1. The van der Waals surface area contributed by atoms with Gasteiger partial charge in [-0.2, -0.15) is 0 Å². The molecule has 0 radical (unpaired) electrons. The average molecular weight is 375 g/mol. The van der Waals surface area contributed by atoms with E-state index in [0.29, 0.717) is 34.8 Å². The highest BCUT2D eigenvalue weighted by Crippen LogP contribution is 2.21. The Kier molecular flexibility index (Phi) is 4.76. The molecule has 3 aromatic carbocycles. The summed E-state index contributed by atoms with van der Waals surface area (Å²) in [5.41, 5.74) is 3.25. The molecule has 0 saturated carbocycles. The number of aromatic nitrogens is 2. The number of hydrogen-bond donors (Lipinski definition) is 2. The highest BCUT2D eigenvalue weighted by atomic mass is 19.1. The number of nitrogens with zero attached hydrogens (tertiary/aromatic N) is 1. The number of ether oxygens (including phenoxy) is 1. The zero-order valence-corrected chi connectivity index (χ0v) is 15.2. The molecule has 2 N–H and O–H groups in total. The normalized spacial score (nSPS) is 10.8. The minimum absolute atomic E-state index is 0.232. The van der Waals surface area contributed by atoms with Crippen molar-refractivity contribution in [3.05, 3.63) is 89.5 Å². The lowest BCUT2D eigenvalue weighted by Crippen LogP contribution is -2.11. The van der Waals surface area contributed by atoms with Crippen molar-refractivity contribution >= 4 is 22.6 Å². The number of rotatable bonds is 5. The Balaban J connectivity index is 1.54. The maximum absolute atomic E-state index is 13.9. The lowest BCUT2D eigenvalue weighted by molar-refractivity contribution is 0.102. The van der Waals surface area contributed by atoms with E-state index in [1.165, 1.54) is 6.07 Å². The van der Waals surface area contributed by atoms with Crippen molar-refractivity contribution in [1.29, 1.82) is 0 Å². The van der Waals surface area contributed by atoms with Gasteiger partial charge in [-0.15, -0.1) is 0 Å². The second-order valence-electron chi connectivity index (χ2n) is 6.37. The number of methoxy groups -OCH3 is 1. The quantitative estimate of drug-likeness (QED) is 0.538. The van der Waals surface area contributed by atoms with E-state index in [-0.39, 0.29) is 11.7 Å². The second kappa shape index (κ2) is 7.52. The van der Waals surface area contributed by atoms with Gasteiger partial charge in [-0.05, 0) is 48.0 Å². The SMILES string of the molecule is COc1cccc(C(=O)Nc2ccc3nc(Cc4ccccc4F)[nH]c3c2)c1. The summed E-state index contributed by atoms with van der Waals surface area (Å²) in [6.45, 7) is 0. The van der Waals surface area contributed by atoms with E-state index in [1.54, 1.807) is 55.6 Å². The molecular weight excluding hydrogens is 357 g/mol. The highest BCUT2D eigenvalue weighted by Gasteiger charge is 2.10. The van der Waals surface area contributed by atoms with Gasteiger partial charge in [0.15, 0.2) is 0 Å². The predicted octanol–water partition coefficient (Wildman–Crippen LogP) is 4.55. The Morgan fingerprint density at radius 2 is 1.96 bits per heavy atom. The summed E-state index contributed by atoms with van der Waals surface area (Å²) in [4.78, 5) is 20.2. The Hall–Kier alpha value is -3.67. The third kappa shape index (κ3) is 3.71. The van der Waals surface area contributed by atoms with Crippen LogP contribution >= 0.6 is 0 Å².